The molecule has 2 fully saturated rings. The van der Waals surface area contributed by atoms with Crippen LogP contribution in [0.4, 0.5) is 0 Å². The van der Waals surface area contributed by atoms with E-state index in [-0.39, 0.29) is 0 Å². The highest BCUT2D eigenvalue weighted by molar-refractivity contribution is 7.99. The fourth-order valence-corrected chi connectivity index (χ4v) is 4.38. The average molecular weight is 256 g/mol. The number of hydrogen-bond acceptors (Lipinski definition) is 3. The molecule has 3 heteroatoms. The smallest absolute Gasteiger partial charge is 0.0278 e. The molecule has 1 aliphatic carbocycles. The second kappa shape index (κ2) is 5.50. The van der Waals surface area contributed by atoms with E-state index >= 15 is 0 Å². The van der Waals surface area contributed by atoms with Gasteiger partial charge in [0.1, 0.15) is 0 Å². The summed E-state index contributed by atoms with van der Waals surface area (Å²) in [6.07, 6.45) is 7.78. The summed E-state index contributed by atoms with van der Waals surface area (Å²) in [4.78, 5) is 2.80. The van der Waals surface area contributed by atoms with Crippen LogP contribution in [0.15, 0.2) is 0 Å². The van der Waals surface area contributed by atoms with Crippen LogP contribution in [0.3, 0.4) is 0 Å². The van der Waals surface area contributed by atoms with Gasteiger partial charge in [-0.1, -0.05) is 13.3 Å². The second-order valence-corrected chi connectivity index (χ2v) is 7.17. The molecule has 0 aromatic rings. The van der Waals surface area contributed by atoms with Crippen molar-refractivity contribution in [2.24, 2.45) is 0 Å². The fourth-order valence-electron chi connectivity index (χ4n) is 3.37. The molecule has 0 radical (unpaired) electrons. The van der Waals surface area contributed by atoms with Crippen molar-refractivity contribution in [3.05, 3.63) is 0 Å². The first-order chi connectivity index (χ1) is 8.09. The Bertz CT molecular complexity index is 259. The van der Waals surface area contributed by atoms with Crippen LogP contribution in [0.2, 0.25) is 0 Å². The minimum absolute atomic E-state index is 0.331. The maximum atomic E-state index is 3.73. The first kappa shape index (κ1) is 13.7. The van der Waals surface area contributed by atoms with E-state index < -0.39 is 0 Å². The van der Waals surface area contributed by atoms with Crippen LogP contribution in [-0.2, 0) is 0 Å². The molecule has 0 aromatic heterocycles. The van der Waals surface area contributed by atoms with E-state index in [2.05, 4.69) is 49.0 Å². The van der Waals surface area contributed by atoms with Crippen molar-refractivity contribution in [2.75, 3.05) is 19.3 Å². The number of hydrogen-bond donors (Lipinski definition) is 1. The Morgan fingerprint density at radius 1 is 1.41 bits per heavy atom. The summed E-state index contributed by atoms with van der Waals surface area (Å²) in [6.45, 7) is 9.46. The van der Waals surface area contributed by atoms with Gasteiger partial charge in [0.05, 0.1) is 0 Å². The van der Waals surface area contributed by atoms with Crippen LogP contribution >= 0.6 is 11.8 Å². The molecule has 0 amide bonds. The minimum Gasteiger partial charge on any atom is -0.309 e. The molecule has 1 saturated carbocycles. The molecule has 0 bridgehead atoms. The maximum Gasteiger partial charge on any atom is 0.0278 e. The van der Waals surface area contributed by atoms with Gasteiger partial charge in [-0.15, -0.1) is 0 Å². The Morgan fingerprint density at radius 3 is 2.82 bits per heavy atom. The van der Waals surface area contributed by atoms with Crippen molar-refractivity contribution in [1.29, 1.82) is 0 Å². The predicted molar refractivity (Wildman–Crippen MR) is 77.8 cm³/mol. The minimum atomic E-state index is 0.331. The summed E-state index contributed by atoms with van der Waals surface area (Å²) in [5, 5.41) is 4.60. The largest absolute Gasteiger partial charge is 0.309 e. The van der Waals surface area contributed by atoms with E-state index in [4.69, 9.17) is 0 Å². The Balaban J connectivity index is 2.07. The van der Waals surface area contributed by atoms with E-state index in [9.17, 15) is 0 Å². The zero-order valence-electron chi connectivity index (χ0n) is 11.8. The topological polar surface area (TPSA) is 15.3 Å². The first-order valence-corrected chi connectivity index (χ1v) is 8.42. The average Bonchev–Trinajstić information content (AvgIpc) is 2.80. The monoisotopic (exact) mass is 256 g/mol. The molecule has 0 spiro atoms. The number of thioether (sulfide) groups is 1. The summed E-state index contributed by atoms with van der Waals surface area (Å²) in [5.41, 5.74) is 0.331. The van der Waals surface area contributed by atoms with Crippen molar-refractivity contribution in [3.8, 4) is 0 Å². The third-order valence-corrected chi connectivity index (χ3v) is 6.00. The van der Waals surface area contributed by atoms with Gasteiger partial charge < -0.3 is 5.32 Å². The van der Waals surface area contributed by atoms with E-state index in [1.807, 2.05) is 0 Å². The molecule has 2 rings (SSSR count). The van der Waals surface area contributed by atoms with Gasteiger partial charge in [0.15, 0.2) is 0 Å². The summed E-state index contributed by atoms with van der Waals surface area (Å²) in [5.74, 6) is 0. The van der Waals surface area contributed by atoms with E-state index in [1.54, 1.807) is 0 Å². The van der Waals surface area contributed by atoms with E-state index in [1.165, 1.54) is 32.2 Å². The summed E-state index contributed by atoms with van der Waals surface area (Å²) in [7, 11) is 0. The van der Waals surface area contributed by atoms with Crippen molar-refractivity contribution in [3.63, 3.8) is 0 Å². The van der Waals surface area contributed by atoms with E-state index in [0.29, 0.717) is 11.6 Å². The van der Waals surface area contributed by atoms with Gasteiger partial charge in [-0.25, -0.2) is 0 Å². The van der Waals surface area contributed by atoms with Gasteiger partial charge in [0.2, 0.25) is 0 Å². The third kappa shape index (κ3) is 2.82. The molecule has 1 saturated heterocycles. The zero-order valence-corrected chi connectivity index (χ0v) is 12.6. The van der Waals surface area contributed by atoms with Gasteiger partial charge in [-0.05, 0) is 39.4 Å². The Morgan fingerprint density at radius 2 is 2.18 bits per heavy atom. The van der Waals surface area contributed by atoms with Gasteiger partial charge in [-0.3, -0.25) is 4.90 Å². The van der Waals surface area contributed by atoms with Crippen LogP contribution in [-0.4, -0.2) is 47.1 Å². The Labute approximate surface area is 111 Å². The predicted octanol–water partition coefficient (Wildman–Crippen LogP) is 2.73. The van der Waals surface area contributed by atoms with Crippen molar-refractivity contribution in [1.82, 2.24) is 10.2 Å². The van der Waals surface area contributed by atoms with Crippen LogP contribution in [0.5, 0.6) is 0 Å². The normalized spacial score (nSPS) is 44.1. The van der Waals surface area contributed by atoms with Crippen LogP contribution in [0.1, 0.15) is 46.5 Å². The van der Waals surface area contributed by atoms with Gasteiger partial charge in [-0.2, -0.15) is 11.8 Å². The highest BCUT2D eigenvalue weighted by Crippen LogP contribution is 2.35. The van der Waals surface area contributed by atoms with E-state index in [0.717, 1.165) is 17.8 Å². The van der Waals surface area contributed by atoms with Crippen molar-refractivity contribution < 1.29 is 0 Å². The number of nitrogens with one attached hydrogen (secondary N) is 1. The molecular weight excluding hydrogens is 228 g/mol. The fraction of sp³-hybridized carbons (Fsp3) is 1.00. The molecular formula is C14H28N2S. The third-order valence-electron chi connectivity index (χ3n) is 4.85. The lowest BCUT2D eigenvalue weighted by atomic mass is 9.92. The quantitative estimate of drug-likeness (QED) is 0.836. The van der Waals surface area contributed by atoms with Crippen molar-refractivity contribution in [2.45, 2.75) is 69.3 Å². The molecule has 100 valence electrons. The lowest BCUT2D eigenvalue weighted by molar-refractivity contribution is 0.0577. The SMILES string of the molecule is CCC1(C)CN(C2CCCC2SC)C(C)CN1. The van der Waals surface area contributed by atoms with Crippen molar-refractivity contribution >= 4 is 11.8 Å². The molecule has 1 heterocycles. The highest BCUT2D eigenvalue weighted by atomic mass is 32.2. The lowest BCUT2D eigenvalue weighted by Crippen LogP contribution is -2.64. The molecule has 1 aliphatic heterocycles. The summed E-state index contributed by atoms with van der Waals surface area (Å²) < 4.78 is 0. The standard InChI is InChI=1S/C14H28N2S/c1-5-14(3)10-16(11(2)9-15-14)12-7-6-8-13(12)17-4/h11-13,15H,5-10H2,1-4H3. The molecule has 4 unspecified atom stereocenters. The first-order valence-electron chi connectivity index (χ1n) is 7.13. The van der Waals surface area contributed by atoms with Gasteiger partial charge in [0, 0.05) is 36.0 Å². The van der Waals surface area contributed by atoms with Crippen LogP contribution < -0.4 is 5.32 Å². The molecule has 17 heavy (non-hydrogen) atoms. The maximum absolute atomic E-state index is 3.73. The summed E-state index contributed by atoms with van der Waals surface area (Å²) >= 11 is 2.08. The molecule has 1 N–H and O–H groups in total. The highest BCUT2D eigenvalue weighted by Gasteiger charge is 2.40. The number of rotatable bonds is 3. The second-order valence-electron chi connectivity index (χ2n) is 6.09. The van der Waals surface area contributed by atoms with Crippen LogP contribution in [0.25, 0.3) is 0 Å². The Hall–Kier alpha value is 0.270. The number of nitrogens with zero attached hydrogens (tertiary/aromatic N) is 1. The van der Waals surface area contributed by atoms with Gasteiger partial charge >= 0.3 is 0 Å². The lowest BCUT2D eigenvalue weighted by Gasteiger charge is -2.48. The molecule has 0 aromatic carbocycles. The van der Waals surface area contributed by atoms with Gasteiger partial charge in [0.25, 0.3) is 0 Å². The van der Waals surface area contributed by atoms with Crippen LogP contribution in [0, 0.1) is 0 Å². The zero-order chi connectivity index (χ0) is 12.5. The molecule has 2 aliphatic rings. The summed E-state index contributed by atoms with van der Waals surface area (Å²) in [6, 6.07) is 1.53. The number of piperazine rings is 1. The molecule has 2 nitrogen and oxygen atoms in total. The molecule has 4 atom stereocenters. The Kier molecular flexibility index (Phi) is 4.43.